The number of nitrogens with zero attached hydrogens (tertiary/aromatic N) is 3. The van der Waals surface area contributed by atoms with E-state index < -0.39 is 36.4 Å². The zero-order valence-corrected chi connectivity index (χ0v) is 13.7. The highest BCUT2D eigenvalue weighted by Gasteiger charge is 2.47. The van der Waals surface area contributed by atoms with Crippen LogP contribution in [0.25, 0.3) is 0 Å². The summed E-state index contributed by atoms with van der Waals surface area (Å²) in [6.45, 7) is 0.439. The lowest BCUT2D eigenvalue weighted by atomic mass is 10.0. The first-order valence-corrected chi connectivity index (χ1v) is 7.36. The van der Waals surface area contributed by atoms with E-state index in [1.54, 1.807) is 5.32 Å². The highest BCUT2D eigenvalue weighted by Crippen LogP contribution is 2.27. The summed E-state index contributed by atoms with van der Waals surface area (Å²) < 4.78 is 84.4. The second-order valence-electron chi connectivity index (χ2n) is 5.58. The second-order valence-corrected chi connectivity index (χ2v) is 5.58. The minimum Gasteiger partial charge on any atom is -0.542 e. The first-order chi connectivity index (χ1) is 12.2. The molecule has 0 aromatic carbocycles. The number of carboxylic acid groups (broad SMARTS) is 1. The topological polar surface area (TPSA) is 94.9 Å². The molecule has 1 saturated heterocycles. The molecule has 154 valence electrons. The Labute approximate surface area is 147 Å². The molecule has 1 amide bonds. The van der Waals surface area contributed by atoms with Crippen molar-refractivity contribution in [2.75, 3.05) is 18.0 Å². The average Bonchev–Trinajstić information content (AvgIpc) is 2.92. The molecule has 0 unspecified atom stereocenters. The number of piperidine rings is 1. The molecule has 0 saturated carbocycles. The minimum atomic E-state index is -5.19. The Morgan fingerprint density at radius 2 is 1.78 bits per heavy atom. The molecular weight excluding hydrogens is 393 g/mol. The van der Waals surface area contributed by atoms with Crippen molar-refractivity contribution in [1.29, 1.82) is 0 Å². The van der Waals surface area contributed by atoms with Gasteiger partial charge in [-0.05, 0) is 0 Å². The molecular formula is C13H15F7N4O3. The van der Waals surface area contributed by atoms with Gasteiger partial charge in [-0.15, -0.1) is 0 Å². The van der Waals surface area contributed by atoms with E-state index in [-0.39, 0.29) is 25.2 Å². The summed E-state index contributed by atoms with van der Waals surface area (Å²) in [5.74, 6) is -4.99. The number of carboxylic acids is 1. The van der Waals surface area contributed by atoms with Crippen molar-refractivity contribution < 1.29 is 50.7 Å². The summed E-state index contributed by atoms with van der Waals surface area (Å²) >= 11 is 0. The Balaban J connectivity index is 0.000000445. The molecule has 2 N–H and O–H groups in total. The number of anilines is 1. The molecule has 1 aliphatic heterocycles. The third kappa shape index (κ3) is 6.69. The van der Waals surface area contributed by atoms with E-state index in [1.165, 1.54) is 24.1 Å². The molecule has 1 aliphatic rings. The summed E-state index contributed by atoms with van der Waals surface area (Å²) in [4.78, 5) is 21.0. The van der Waals surface area contributed by atoms with E-state index in [1.807, 2.05) is 0 Å². The fourth-order valence-corrected chi connectivity index (χ4v) is 2.33. The van der Waals surface area contributed by atoms with Crippen molar-refractivity contribution in [3.63, 3.8) is 0 Å². The number of hydrogen-bond acceptors (Lipinski definition) is 4. The van der Waals surface area contributed by atoms with Crippen LogP contribution in [0.15, 0.2) is 12.4 Å². The first kappa shape index (κ1) is 22.7. The van der Waals surface area contributed by atoms with Gasteiger partial charge in [-0.1, -0.05) is 0 Å². The van der Waals surface area contributed by atoms with E-state index in [0.29, 0.717) is 4.90 Å². The standard InChI is InChI=1S/C11H14F4N4O.C2HF3O2/c1-18-6-9(5-17-18)19(10(20)11(13,14)15)8-2-7(12)3-16-4-8;3-2(4,5)1(6)7/h5-8,16H,2-4H2,1H3;(H,6,7)/t7-,8+;/m0./s1. The molecule has 2 heterocycles. The van der Waals surface area contributed by atoms with Gasteiger partial charge in [0.1, 0.15) is 12.5 Å². The summed E-state index contributed by atoms with van der Waals surface area (Å²) in [6.07, 6.45) is -9.04. The maximum Gasteiger partial charge on any atom is 0.471 e. The van der Waals surface area contributed by atoms with Gasteiger partial charge in [0, 0.05) is 19.7 Å². The third-order valence-corrected chi connectivity index (χ3v) is 3.42. The van der Waals surface area contributed by atoms with Crippen molar-refractivity contribution in [2.45, 2.75) is 31.0 Å². The van der Waals surface area contributed by atoms with E-state index in [4.69, 9.17) is 9.90 Å². The predicted molar refractivity (Wildman–Crippen MR) is 72.8 cm³/mol. The molecule has 0 radical (unpaired) electrons. The van der Waals surface area contributed by atoms with Gasteiger partial charge in [-0.2, -0.15) is 31.4 Å². The first-order valence-electron chi connectivity index (χ1n) is 7.36. The number of aryl methyl sites for hydroxylation is 1. The largest absolute Gasteiger partial charge is 0.542 e. The van der Waals surface area contributed by atoms with Crippen LogP contribution in [0.2, 0.25) is 0 Å². The number of aliphatic carboxylic acids is 1. The zero-order valence-electron chi connectivity index (χ0n) is 13.7. The molecule has 2 atom stereocenters. The Kier molecular flexibility index (Phi) is 7.17. The minimum absolute atomic E-state index is 0.0299. The molecule has 1 fully saturated rings. The lowest BCUT2D eigenvalue weighted by molar-refractivity contribution is -0.668. The van der Waals surface area contributed by atoms with E-state index in [9.17, 15) is 35.5 Å². The number of halogens is 7. The average molecular weight is 408 g/mol. The van der Waals surface area contributed by atoms with Crippen molar-refractivity contribution in [3.8, 4) is 0 Å². The summed E-state index contributed by atoms with van der Waals surface area (Å²) in [6, 6.07) is -0.836. The Hall–Kier alpha value is -2.38. The summed E-state index contributed by atoms with van der Waals surface area (Å²) in [7, 11) is 1.53. The normalized spacial score (nSPS) is 20.4. The Morgan fingerprint density at radius 1 is 1.22 bits per heavy atom. The molecule has 27 heavy (non-hydrogen) atoms. The quantitative estimate of drug-likeness (QED) is 0.654. The van der Waals surface area contributed by atoms with Crippen LogP contribution in [0.3, 0.4) is 0 Å². The van der Waals surface area contributed by atoms with Crippen LogP contribution in [0.5, 0.6) is 0 Å². The van der Waals surface area contributed by atoms with Gasteiger partial charge in [-0.25, -0.2) is 4.39 Å². The molecule has 1 aromatic heterocycles. The molecule has 1 aromatic rings. The van der Waals surface area contributed by atoms with Crippen LogP contribution in [0.1, 0.15) is 6.42 Å². The van der Waals surface area contributed by atoms with Gasteiger partial charge in [0.15, 0.2) is 6.17 Å². The number of carbonyl (C=O) groups excluding carboxylic acids is 2. The fourth-order valence-electron chi connectivity index (χ4n) is 2.33. The Bertz CT molecular complexity index is 659. The molecule has 7 nitrogen and oxygen atoms in total. The van der Waals surface area contributed by atoms with Gasteiger partial charge >= 0.3 is 18.3 Å². The number of alkyl halides is 7. The van der Waals surface area contributed by atoms with Gasteiger partial charge in [0.25, 0.3) is 0 Å². The Morgan fingerprint density at radius 3 is 2.15 bits per heavy atom. The van der Waals surface area contributed by atoms with Crippen LogP contribution in [0, 0.1) is 0 Å². The summed E-state index contributed by atoms with van der Waals surface area (Å²) in [5, 5.41) is 14.1. The number of amides is 1. The second kappa shape index (κ2) is 8.54. The zero-order chi connectivity index (χ0) is 21.0. The van der Waals surface area contributed by atoms with Crippen LogP contribution in [-0.4, -0.2) is 59.3 Å². The lowest BCUT2D eigenvalue weighted by Crippen LogP contribution is -2.91. The van der Waals surface area contributed by atoms with Crippen molar-refractivity contribution in [3.05, 3.63) is 12.4 Å². The maximum atomic E-state index is 13.4. The SMILES string of the molecule is Cn1cc(N(C(=O)C(F)(F)F)[C@H]2C[NH2+]C[C@@H](F)C2)cn1.O=C([O-])C(F)(F)F. The van der Waals surface area contributed by atoms with Gasteiger partial charge in [0.05, 0.1) is 24.5 Å². The number of quaternary nitrogens is 1. The van der Waals surface area contributed by atoms with Gasteiger partial charge in [-0.3, -0.25) is 14.4 Å². The van der Waals surface area contributed by atoms with Crippen LogP contribution < -0.4 is 15.3 Å². The molecule has 14 heteroatoms. The van der Waals surface area contributed by atoms with Crippen molar-refractivity contribution >= 4 is 17.6 Å². The molecule has 0 bridgehead atoms. The van der Waals surface area contributed by atoms with Crippen LogP contribution in [-0.2, 0) is 16.6 Å². The number of hydrogen-bond donors (Lipinski definition) is 1. The maximum absolute atomic E-state index is 13.4. The van der Waals surface area contributed by atoms with Gasteiger partial charge < -0.3 is 15.2 Å². The highest BCUT2D eigenvalue weighted by molar-refractivity contribution is 5.97. The molecule has 0 aliphatic carbocycles. The van der Waals surface area contributed by atoms with E-state index in [2.05, 4.69) is 5.10 Å². The van der Waals surface area contributed by atoms with Crippen LogP contribution in [0.4, 0.5) is 36.4 Å². The number of carbonyl (C=O) groups is 2. The summed E-state index contributed by atoms with van der Waals surface area (Å²) in [5.41, 5.74) is 0.0299. The smallest absolute Gasteiger partial charge is 0.471 e. The number of nitrogens with two attached hydrogens (primary N) is 1. The predicted octanol–water partition coefficient (Wildman–Crippen LogP) is -0.712. The van der Waals surface area contributed by atoms with Crippen LogP contribution >= 0.6 is 0 Å². The number of aromatic nitrogens is 2. The van der Waals surface area contributed by atoms with E-state index in [0.717, 1.165) is 0 Å². The van der Waals surface area contributed by atoms with Crippen molar-refractivity contribution in [1.82, 2.24) is 9.78 Å². The molecule has 0 spiro atoms. The monoisotopic (exact) mass is 408 g/mol. The van der Waals surface area contributed by atoms with Crippen molar-refractivity contribution in [2.24, 2.45) is 7.05 Å². The van der Waals surface area contributed by atoms with E-state index >= 15 is 0 Å². The molecule has 2 rings (SSSR count). The third-order valence-electron chi connectivity index (χ3n) is 3.42. The van der Waals surface area contributed by atoms with Gasteiger partial charge in [0.2, 0.25) is 0 Å². The fraction of sp³-hybridized carbons (Fsp3) is 0.615. The number of rotatable bonds is 2. The highest BCUT2D eigenvalue weighted by atomic mass is 19.4. The lowest BCUT2D eigenvalue weighted by Gasteiger charge is -2.33.